The van der Waals surface area contributed by atoms with Crippen LogP contribution in [0.1, 0.15) is 24.7 Å². The molecule has 3 heteroatoms. The van der Waals surface area contributed by atoms with Crippen LogP contribution in [-0.2, 0) is 6.42 Å². The number of hydrogen-bond donors (Lipinski definition) is 1. The summed E-state index contributed by atoms with van der Waals surface area (Å²) in [6.45, 7) is 5.43. The Hall–Kier alpha value is -1.19. The fourth-order valence-electron chi connectivity index (χ4n) is 2.12. The Kier molecular flexibility index (Phi) is 6.22. The molecule has 0 saturated carbocycles. The maximum Gasteiger partial charge on any atom is 0.105 e. The van der Waals surface area contributed by atoms with Crippen LogP contribution in [0, 0.1) is 6.92 Å². The first-order valence-corrected chi connectivity index (χ1v) is 8.22. The van der Waals surface area contributed by atoms with E-state index in [9.17, 15) is 0 Å². The van der Waals surface area contributed by atoms with Crippen molar-refractivity contribution >= 4 is 11.8 Å². The van der Waals surface area contributed by atoms with E-state index in [0.717, 1.165) is 30.9 Å². The summed E-state index contributed by atoms with van der Waals surface area (Å²) in [7, 11) is 0. The number of rotatable bonds is 8. The number of benzene rings is 1. The average molecular weight is 289 g/mol. The van der Waals surface area contributed by atoms with Crippen LogP contribution in [0.3, 0.4) is 0 Å². The van der Waals surface area contributed by atoms with Crippen molar-refractivity contribution in [2.24, 2.45) is 0 Å². The molecule has 0 radical (unpaired) electrons. The Morgan fingerprint density at radius 3 is 2.75 bits per heavy atom. The summed E-state index contributed by atoms with van der Waals surface area (Å²) < 4.78 is 5.47. The summed E-state index contributed by atoms with van der Waals surface area (Å²) in [5.41, 5.74) is 1.35. The molecule has 2 rings (SSSR count). The quantitative estimate of drug-likeness (QED) is 0.734. The second-order valence-electron chi connectivity index (χ2n) is 5.01. The highest BCUT2D eigenvalue weighted by atomic mass is 32.2. The number of thioether (sulfide) groups is 1. The number of furan rings is 1. The SMILES string of the molecule is CCCNC(CSc1ccccc1C)Cc1ccco1. The van der Waals surface area contributed by atoms with E-state index in [2.05, 4.69) is 49.5 Å². The molecule has 0 spiro atoms. The zero-order valence-corrected chi connectivity index (χ0v) is 13.1. The molecule has 0 aliphatic carbocycles. The van der Waals surface area contributed by atoms with Crippen LogP contribution >= 0.6 is 11.8 Å². The molecule has 0 fully saturated rings. The third kappa shape index (κ3) is 4.73. The van der Waals surface area contributed by atoms with Crippen molar-refractivity contribution in [1.29, 1.82) is 0 Å². The molecule has 108 valence electrons. The Morgan fingerprint density at radius 1 is 1.20 bits per heavy atom. The van der Waals surface area contributed by atoms with Crippen LogP contribution in [0.4, 0.5) is 0 Å². The average Bonchev–Trinajstić information content (AvgIpc) is 2.96. The lowest BCUT2D eigenvalue weighted by molar-refractivity contribution is 0.460. The van der Waals surface area contributed by atoms with E-state index in [4.69, 9.17) is 4.42 Å². The van der Waals surface area contributed by atoms with E-state index in [1.807, 2.05) is 17.8 Å². The lowest BCUT2D eigenvalue weighted by Gasteiger charge is -2.17. The van der Waals surface area contributed by atoms with Gasteiger partial charge in [0, 0.05) is 23.1 Å². The molecule has 1 aromatic carbocycles. The Bertz CT molecular complexity index is 495. The van der Waals surface area contributed by atoms with Gasteiger partial charge in [0.15, 0.2) is 0 Å². The van der Waals surface area contributed by atoms with Gasteiger partial charge in [-0.25, -0.2) is 0 Å². The summed E-state index contributed by atoms with van der Waals surface area (Å²) in [6.07, 6.45) is 3.86. The molecule has 1 N–H and O–H groups in total. The maximum absolute atomic E-state index is 5.47. The van der Waals surface area contributed by atoms with Gasteiger partial charge in [-0.3, -0.25) is 0 Å². The minimum Gasteiger partial charge on any atom is -0.469 e. The van der Waals surface area contributed by atoms with Crippen LogP contribution in [0.15, 0.2) is 52.0 Å². The molecule has 0 aliphatic rings. The normalized spacial score (nSPS) is 12.5. The van der Waals surface area contributed by atoms with E-state index in [1.54, 1.807) is 6.26 Å². The van der Waals surface area contributed by atoms with Gasteiger partial charge in [0.05, 0.1) is 6.26 Å². The molecule has 1 unspecified atom stereocenters. The second-order valence-corrected chi connectivity index (χ2v) is 6.07. The van der Waals surface area contributed by atoms with Crippen molar-refractivity contribution in [3.05, 3.63) is 54.0 Å². The molecule has 0 amide bonds. The summed E-state index contributed by atoms with van der Waals surface area (Å²) in [5, 5.41) is 3.62. The van der Waals surface area contributed by atoms with Crippen LogP contribution in [-0.4, -0.2) is 18.3 Å². The Morgan fingerprint density at radius 2 is 2.05 bits per heavy atom. The minimum atomic E-state index is 0.450. The summed E-state index contributed by atoms with van der Waals surface area (Å²) in [5.74, 6) is 2.12. The fourth-order valence-corrected chi connectivity index (χ4v) is 3.21. The van der Waals surface area contributed by atoms with Gasteiger partial charge in [0.2, 0.25) is 0 Å². The second kappa shape index (κ2) is 8.18. The van der Waals surface area contributed by atoms with Gasteiger partial charge in [-0.15, -0.1) is 11.8 Å². The lowest BCUT2D eigenvalue weighted by Crippen LogP contribution is -2.33. The first-order chi connectivity index (χ1) is 9.79. The molecule has 0 aliphatic heterocycles. The van der Waals surface area contributed by atoms with Crippen molar-refractivity contribution < 1.29 is 4.42 Å². The van der Waals surface area contributed by atoms with Gasteiger partial charge in [-0.1, -0.05) is 25.1 Å². The van der Waals surface area contributed by atoms with Gasteiger partial charge in [0.25, 0.3) is 0 Å². The zero-order valence-electron chi connectivity index (χ0n) is 12.3. The minimum absolute atomic E-state index is 0.450. The van der Waals surface area contributed by atoms with E-state index < -0.39 is 0 Å². The molecule has 0 saturated heterocycles. The third-order valence-corrected chi connectivity index (χ3v) is 4.58. The molecule has 1 atom stereocenters. The fraction of sp³-hybridized carbons (Fsp3) is 0.412. The third-order valence-electron chi connectivity index (χ3n) is 3.24. The number of aryl methyl sites for hydroxylation is 1. The molecule has 0 bridgehead atoms. The van der Waals surface area contributed by atoms with Crippen LogP contribution in [0.5, 0.6) is 0 Å². The lowest BCUT2D eigenvalue weighted by atomic mass is 10.2. The van der Waals surface area contributed by atoms with E-state index in [-0.39, 0.29) is 0 Å². The molecule has 1 aromatic heterocycles. The van der Waals surface area contributed by atoms with Crippen molar-refractivity contribution in [2.75, 3.05) is 12.3 Å². The van der Waals surface area contributed by atoms with Gasteiger partial charge in [-0.05, 0) is 43.7 Å². The van der Waals surface area contributed by atoms with Crippen molar-refractivity contribution in [1.82, 2.24) is 5.32 Å². The summed E-state index contributed by atoms with van der Waals surface area (Å²) in [4.78, 5) is 1.37. The zero-order chi connectivity index (χ0) is 14.2. The first-order valence-electron chi connectivity index (χ1n) is 7.23. The van der Waals surface area contributed by atoms with Crippen LogP contribution in [0.2, 0.25) is 0 Å². The first kappa shape index (κ1) is 15.2. The molecule has 20 heavy (non-hydrogen) atoms. The summed E-state index contributed by atoms with van der Waals surface area (Å²) in [6, 6.07) is 13.0. The maximum atomic E-state index is 5.47. The van der Waals surface area contributed by atoms with Crippen LogP contribution < -0.4 is 5.32 Å². The van der Waals surface area contributed by atoms with Crippen molar-refractivity contribution in [3.8, 4) is 0 Å². The van der Waals surface area contributed by atoms with Gasteiger partial charge in [-0.2, -0.15) is 0 Å². The highest BCUT2D eigenvalue weighted by molar-refractivity contribution is 7.99. The standard InChI is InChI=1S/C17H23NOS/c1-3-10-18-15(12-16-8-6-11-19-16)13-20-17-9-5-4-7-14(17)2/h4-9,11,15,18H,3,10,12-13H2,1-2H3. The molecule has 1 heterocycles. The number of nitrogens with one attached hydrogen (secondary N) is 1. The topological polar surface area (TPSA) is 25.2 Å². The predicted octanol–water partition coefficient (Wildman–Crippen LogP) is 4.29. The molecule has 2 aromatic rings. The van der Waals surface area contributed by atoms with Gasteiger partial charge < -0.3 is 9.73 Å². The highest BCUT2D eigenvalue weighted by Crippen LogP contribution is 2.23. The predicted molar refractivity (Wildman–Crippen MR) is 86.4 cm³/mol. The van der Waals surface area contributed by atoms with Gasteiger partial charge >= 0.3 is 0 Å². The largest absolute Gasteiger partial charge is 0.469 e. The Labute approximate surface area is 126 Å². The molecule has 2 nitrogen and oxygen atoms in total. The monoisotopic (exact) mass is 289 g/mol. The highest BCUT2D eigenvalue weighted by Gasteiger charge is 2.11. The molecular weight excluding hydrogens is 266 g/mol. The van der Waals surface area contributed by atoms with E-state index >= 15 is 0 Å². The molecular formula is C17H23NOS. The van der Waals surface area contributed by atoms with Crippen molar-refractivity contribution in [3.63, 3.8) is 0 Å². The smallest absolute Gasteiger partial charge is 0.105 e. The van der Waals surface area contributed by atoms with Crippen LogP contribution in [0.25, 0.3) is 0 Å². The van der Waals surface area contributed by atoms with Crippen molar-refractivity contribution in [2.45, 2.75) is 37.6 Å². The van der Waals surface area contributed by atoms with E-state index in [0.29, 0.717) is 6.04 Å². The Balaban J connectivity index is 1.91. The summed E-state index contributed by atoms with van der Waals surface area (Å²) >= 11 is 1.92. The van der Waals surface area contributed by atoms with E-state index in [1.165, 1.54) is 10.5 Å². The number of hydrogen-bond acceptors (Lipinski definition) is 3. The van der Waals surface area contributed by atoms with Gasteiger partial charge in [0.1, 0.15) is 5.76 Å².